The van der Waals surface area contributed by atoms with Gasteiger partial charge in [0.1, 0.15) is 0 Å². The highest BCUT2D eigenvalue weighted by Gasteiger charge is 2.18. The Hall–Kier alpha value is -5.92. The predicted octanol–water partition coefficient (Wildman–Crippen LogP) is 13.1. The van der Waals surface area contributed by atoms with Crippen LogP contribution in [0.5, 0.6) is 0 Å². The Labute approximate surface area is 277 Å². The van der Waals surface area contributed by atoms with E-state index >= 15 is 0 Å². The van der Waals surface area contributed by atoms with Crippen molar-refractivity contribution in [3.63, 3.8) is 0 Å². The Morgan fingerprint density at radius 1 is 0.340 bits per heavy atom. The summed E-state index contributed by atoms with van der Waals surface area (Å²) in [5.74, 6) is 0. The minimum absolute atomic E-state index is 1.12. The first kappa shape index (κ1) is 28.5. The normalized spacial score (nSPS) is 11.2. The van der Waals surface area contributed by atoms with Crippen LogP contribution < -0.4 is 4.90 Å². The Morgan fingerprint density at radius 3 is 1.40 bits per heavy atom. The molecule has 0 aliphatic rings. The first-order valence-electron chi connectivity index (χ1n) is 16.3. The van der Waals surface area contributed by atoms with Crippen LogP contribution in [0.25, 0.3) is 54.9 Å². The van der Waals surface area contributed by atoms with Gasteiger partial charge in [0.15, 0.2) is 0 Å². The fraction of sp³-hybridized carbons (Fsp3) is 0.0435. The van der Waals surface area contributed by atoms with E-state index in [0.29, 0.717) is 0 Å². The quantitative estimate of drug-likeness (QED) is 0.183. The molecule has 1 heteroatoms. The molecule has 0 aliphatic carbocycles. The number of rotatable bonds is 6. The molecule has 0 heterocycles. The van der Waals surface area contributed by atoms with Crippen molar-refractivity contribution in [2.75, 3.05) is 4.90 Å². The standard InChI is InChI=1S/C46H35N/c1-32-13-3-6-18-39(32)40-30-27-37(31-33(40)2)42-20-10-9-19-41(42)36-25-28-38(29-26-36)47(45-23-11-16-34-14-4-7-21-43(34)45)46-24-12-17-35-15-5-8-22-44(35)46/h3-31H,1-2H3. The zero-order valence-electron chi connectivity index (χ0n) is 26.7. The number of nitrogens with zero attached hydrogens (tertiary/aromatic N) is 1. The topological polar surface area (TPSA) is 3.24 Å². The van der Waals surface area contributed by atoms with E-state index in [2.05, 4.69) is 195 Å². The summed E-state index contributed by atoms with van der Waals surface area (Å²) in [5, 5.41) is 4.90. The third kappa shape index (κ3) is 5.26. The molecule has 0 N–H and O–H groups in total. The number of aryl methyl sites for hydroxylation is 2. The molecule has 8 rings (SSSR count). The summed E-state index contributed by atoms with van der Waals surface area (Å²) in [6, 6.07) is 63.8. The summed E-state index contributed by atoms with van der Waals surface area (Å²) in [5.41, 5.74) is 13.5. The van der Waals surface area contributed by atoms with E-state index in [1.54, 1.807) is 0 Å². The molecular formula is C46H35N. The highest BCUT2D eigenvalue weighted by molar-refractivity contribution is 6.04. The summed E-state index contributed by atoms with van der Waals surface area (Å²) < 4.78 is 0. The lowest BCUT2D eigenvalue weighted by atomic mass is 9.90. The van der Waals surface area contributed by atoms with Crippen LogP contribution in [-0.2, 0) is 0 Å². The molecule has 8 aromatic rings. The SMILES string of the molecule is Cc1ccccc1-c1ccc(-c2ccccc2-c2ccc(N(c3cccc4ccccc34)c3cccc4ccccc34)cc2)cc1C. The van der Waals surface area contributed by atoms with Gasteiger partial charge >= 0.3 is 0 Å². The second-order valence-electron chi connectivity index (χ2n) is 12.3. The van der Waals surface area contributed by atoms with E-state index in [4.69, 9.17) is 0 Å². The van der Waals surface area contributed by atoms with Crippen molar-refractivity contribution in [2.24, 2.45) is 0 Å². The maximum Gasteiger partial charge on any atom is 0.0540 e. The molecule has 224 valence electrons. The molecule has 0 radical (unpaired) electrons. The third-order valence-electron chi connectivity index (χ3n) is 9.35. The van der Waals surface area contributed by atoms with Gasteiger partial charge < -0.3 is 4.90 Å². The predicted molar refractivity (Wildman–Crippen MR) is 202 cm³/mol. The molecule has 0 saturated carbocycles. The minimum atomic E-state index is 1.12. The fourth-order valence-corrected chi connectivity index (χ4v) is 7.00. The van der Waals surface area contributed by atoms with Crippen molar-refractivity contribution < 1.29 is 0 Å². The second kappa shape index (κ2) is 12.1. The number of hydrogen-bond donors (Lipinski definition) is 0. The van der Waals surface area contributed by atoms with Crippen molar-refractivity contribution in [1.29, 1.82) is 0 Å². The highest BCUT2D eigenvalue weighted by atomic mass is 15.1. The van der Waals surface area contributed by atoms with Crippen molar-refractivity contribution in [2.45, 2.75) is 13.8 Å². The molecule has 0 saturated heterocycles. The average Bonchev–Trinajstić information content (AvgIpc) is 3.13. The van der Waals surface area contributed by atoms with Gasteiger partial charge in [0.25, 0.3) is 0 Å². The maximum absolute atomic E-state index is 2.41. The highest BCUT2D eigenvalue weighted by Crippen LogP contribution is 2.43. The zero-order chi connectivity index (χ0) is 31.7. The van der Waals surface area contributed by atoms with E-state index < -0.39 is 0 Å². The lowest BCUT2D eigenvalue weighted by molar-refractivity contribution is 1.31. The molecule has 1 nitrogen and oxygen atoms in total. The van der Waals surface area contributed by atoms with E-state index in [0.717, 1.165) is 17.1 Å². The van der Waals surface area contributed by atoms with Crippen LogP contribution in [0.4, 0.5) is 17.1 Å². The van der Waals surface area contributed by atoms with Crippen LogP contribution in [0.2, 0.25) is 0 Å². The molecule has 0 fully saturated rings. The van der Waals surface area contributed by atoms with Gasteiger partial charge in [-0.1, -0.05) is 152 Å². The van der Waals surface area contributed by atoms with Gasteiger partial charge in [-0.25, -0.2) is 0 Å². The number of fused-ring (bicyclic) bond motifs is 2. The third-order valence-corrected chi connectivity index (χ3v) is 9.35. The van der Waals surface area contributed by atoms with Gasteiger partial charge in [0, 0.05) is 16.5 Å². The Morgan fingerprint density at radius 2 is 0.809 bits per heavy atom. The summed E-state index contributed by atoms with van der Waals surface area (Å²) in [7, 11) is 0. The summed E-state index contributed by atoms with van der Waals surface area (Å²) in [6.07, 6.45) is 0. The van der Waals surface area contributed by atoms with Crippen LogP contribution in [0.1, 0.15) is 11.1 Å². The Kier molecular flexibility index (Phi) is 7.36. The summed E-state index contributed by atoms with van der Waals surface area (Å²) in [4.78, 5) is 2.41. The van der Waals surface area contributed by atoms with Gasteiger partial charge in [0.2, 0.25) is 0 Å². The van der Waals surface area contributed by atoms with Gasteiger partial charge in [-0.3, -0.25) is 0 Å². The van der Waals surface area contributed by atoms with Crippen LogP contribution in [0.3, 0.4) is 0 Å². The van der Waals surface area contributed by atoms with E-state index in [-0.39, 0.29) is 0 Å². The van der Waals surface area contributed by atoms with Gasteiger partial charge in [-0.2, -0.15) is 0 Å². The molecule has 0 spiro atoms. The molecule has 0 unspecified atom stereocenters. The van der Waals surface area contributed by atoms with Gasteiger partial charge in [0.05, 0.1) is 11.4 Å². The van der Waals surface area contributed by atoms with Crippen LogP contribution >= 0.6 is 0 Å². The largest absolute Gasteiger partial charge is 0.309 e. The van der Waals surface area contributed by atoms with E-state index in [9.17, 15) is 0 Å². The molecule has 8 aromatic carbocycles. The molecule has 0 aromatic heterocycles. The average molecular weight is 602 g/mol. The van der Waals surface area contributed by atoms with Crippen LogP contribution in [-0.4, -0.2) is 0 Å². The van der Waals surface area contributed by atoms with Crippen molar-refractivity contribution in [1.82, 2.24) is 0 Å². The first-order valence-corrected chi connectivity index (χ1v) is 16.3. The Balaban J connectivity index is 1.23. The second-order valence-corrected chi connectivity index (χ2v) is 12.3. The lowest BCUT2D eigenvalue weighted by Crippen LogP contribution is -2.11. The summed E-state index contributed by atoms with van der Waals surface area (Å²) in [6.45, 7) is 4.40. The molecular weight excluding hydrogens is 567 g/mol. The fourth-order valence-electron chi connectivity index (χ4n) is 7.00. The monoisotopic (exact) mass is 601 g/mol. The summed E-state index contributed by atoms with van der Waals surface area (Å²) >= 11 is 0. The Bertz CT molecular complexity index is 2290. The van der Waals surface area contributed by atoms with Crippen LogP contribution in [0.15, 0.2) is 176 Å². The maximum atomic E-state index is 2.41. The molecule has 0 aliphatic heterocycles. The first-order chi connectivity index (χ1) is 23.2. The zero-order valence-corrected chi connectivity index (χ0v) is 26.7. The molecule has 47 heavy (non-hydrogen) atoms. The van der Waals surface area contributed by atoms with Gasteiger partial charge in [-0.15, -0.1) is 0 Å². The van der Waals surface area contributed by atoms with E-state index in [1.165, 1.54) is 66.1 Å². The van der Waals surface area contributed by atoms with Gasteiger partial charge in [-0.05, 0) is 93.4 Å². The number of hydrogen-bond acceptors (Lipinski definition) is 1. The van der Waals surface area contributed by atoms with E-state index in [1.807, 2.05) is 0 Å². The van der Waals surface area contributed by atoms with Crippen molar-refractivity contribution in [3.8, 4) is 33.4 Å². The smallest absolute Gasteiger partial charge is 0.0540 e. The van der Waals surface area contributed by atoms with Crippen LogP contribution in [0, 0.1) is 13.8 Å². The minimum Gasteiger partial charge on any atom is -0.309 e. The number of benzene rings is 8. The van der Waals surface area contributed by atoms with Crippen molar-refractivity contribution in [3.05, 3.63) is 187 Å². The molecule has 0 atom stereocenters. The molecule has 0 bridgehead atoms. The van der Waals surface area contributed by atoms with Crippen molar-refractivity contribution >= 4 is 38.6 Å². The molecule has 0 amide bonds. The lowest BCUT2D eigenvalue weighted by Gasteiger charge is -2.28. The number of anilines is 3.